The van der Waals surface area contributed by atoms with Gasteiger partial charge in [-0.1, -0.05) is 6.92 Å². The number of carbonyl (C=O) groups excluding carboxylic acids is 1. The number of ether oxygens (including phenoxy) is 3. The molecule has 4 rings (SSSR count). The highest BCUT2D eigenvalue weighted by Crippen LogP contribution is 2.42. The molecule has 36 heavy (non-hydrogen) atoms. The quantitative estimate of drug-likeness (QED) is 0.493. The van der Waals surface area contributed by atoms with Crippen molar-refractivity contribution in [1.82, 2.24) is 10.0 Å². The van der Waals surface area contributed by atoms with Crippen molar-refractivity contribution >= 4 is 16.9 Å². The normalized spacial score (nSPS) is 14.6. The minimum atomic E-state index is -5.17. The molecule has 0 radical (unpaired) electrons. The van der Waals surface area contributed by atoms with Crippen LogP contribution in [0.15, 0.2) is 30.3 Å². The van der Waals surface area contributed by atoms with E-state index in [4.69, 9.17) is 19.0 Å². The Hall–Kier alpha value is -3.40. The highest BCUT2D eigenvalue weighted by molar-refractivity contribution is 5.94. The number of aromatic nitrogens is 1. The van der Waals surface area contributed by atoms with Crippen LogP contribution in [0.25, 0.3) is 22.2 Å². The number of nitrogens with one attached hydrogen (secondary N) is 1. The van der Waals surface area contributed by atoms with E-state index >= 15 is 0 Å². The second-order valence-corrected chi connectivity index (χ2v) is 8.56. The second-order valence-electron chi connectivity index (χ2n) is 8.56. The number of halogens is 3. The Morgan fingerprint density at radius 3 is 2.25 bits per heavy atom. The Morgan fingerprint density at radius 2 is 1.67 bits per heavy atom. The van der Waals surface area contributed by atoms with Gasteiger partial charge in [-0.3, -0.25) is 0 Å². The lowest BCUT2D eigenvalue weighted by Gasteiger charge is -2.25. The molecule has 0 aliphatic carbocycles. The summed E-state index contributed by atoms with van der Waals surface area (Å²) in [6.45, 7) is 3.64. The SMILES string of the molecule is CCc1c(-c2ccc(OC)c(OC)c2)n(OC(=O)C(F)(F)F)c2cc(OC)c(C3CCNCC3)cc12. The van der Waals surface area contributed by atoms with Crippen LogP contribution in [0.5, 0.6) is 17.2 Å². The predicted octanol–water partition coefficient (Wildman–Crippen LogP) is 4.88. The molecule has 194 valence electrons. The summed E-state index contributed by atoms with van der Waals surface area (Å²) in [7, 11) is 4.49. The minimum Gasteiger partial charge on any atom is -0.496 e. The Kier molecular flexibility index (Phi) is 7.35. The zero-order valence-electron chi connectivity index (χ0n) is 20.6. The molecule has 0 atom stereocenters. The van der Waals surface area contributed by atoms with Gasteiger partial charge in [0.25, 0.3) is 0 Å². The van der Waals surface area contributed by atoms with Crippen molar-refractivity contribution in [2.24, 2.45) is 0 Å². The third-order valence-electron chi connectivity index (χ3n) is 6.58. The molecule has 1 aromatic heterocycles. The number of nitrogens with zero attached hydrogens (tertiary/aromatic N) is 1. The summed E-state index contributed by atoms with van der Waals surface area (Å²) in [5, 5.41) is 4.04. The van der Waals surface area contributed by atoms with Crippen molar-refractivity contribution < 1.29 is 37.0 Å². The first-order valence-electron chi connectivity index (χ1n) is 11.7. The van der Waals surface area contributed by atoms with Crippen LogP contribution in [0.2, 0.25) is 0 Å². The monoisotopic (exact) mass is 506 g/mol. The molecule has 2 heterocycles. The van der Waals surface area contributed by atoms with E-state index in [2.05, 4.69) is 5.32 Å². The maximum atomic E-state index is 13.3. The van der Waals surface area contributed by atoms with Gasteiger partial charge in [-0.2, -0.15) is 17.9 Å². The van der Waals surface area contributed by atoms with Gasteiger partial charge in [-0.15, -0.1) is 0 Å². The van der Waals surface area contributed by atoms with Gasteiger partial charge in [-0.05, 0) is 73.7 Å². The van der Waals surface area contributed by atoms with E-state index in [0.29, 0.717) is 45.8 Å². The summed E-state index contributed by atoms with van der Waals surface area (Å²) in [5.41, 5.74) is 2.88. The largest absolute Gasteiger partial charge is 0.496 e. The number of hydrogen-bond acceptors (Lipinski definition) is 6. The fraction of sp³-hybridized carbons (Fsp3) is 0.423. The van der Waals surface area contributed by atoms with Gasteiger partial charge < -0.3 is 24.4 Å². The maximum Gasteiger partial charge on any atom is 0.493 e. The van der Waals surface area contributed by atoms with Crippen molar-refractivity contribution in [1.29, 1.82) is 0 Å². The van der Waals surface area contributed by atoms with Crippen LogP contribution in [0.1, 0.15) is 36.8 Å². The predicted molar refractivity (Wildman–Crippen MR) is 129 cm³/mol. The van der Waals surface area contributed by atoms with E-state index < -0.39 is 12.1 Å². The Bertz CT molecular complexity index is 1260. The third kappa shape index (κ3) is 4.69. The fourth-order valence-corrected chi connectivity index (χ4v) is 4.86. The number of piperidine rings is 1. The van der Waals surface area contributed by atoms with Crippen molar-refractivity contribution in [2.75, 3.05) is 34.4 Å². The molecule has 0 spiro atoms. The lowest BCUT2D eigenvalue weighted by Crippen LogP contribution is -2.33. The Labute approximate surface area is 207 Å². The molecule has 10 heteroatoms. The lowest BCUT2D eigenvalue weighted by atomic mass is 9.88. The summed E-state index contributed by atoms with van der Waals surface area (Å²) in [4.78, 5) is 17.0. The molecule has 1 N–H and O–H groups in total. The van der Waals surface area contributed by atoms with E-state index in [0.717, 1.165) is 41.8 Å². The van der Waals surface area contributed by atoms with Crippen molar-refractivity contribution in [3.05, 3.63) is 41.5 Å². The van der Waals surface area contributed by atoms with Gasteiger partial charge in [0.05, 0.1) is 32.5 Å². The average Bonchev–Trinajstić information content (AvgIpc) is 3.19. The maximum absolute atomic E-state index is 13.3. The molecular formula is C26H29F3N2O5. The Balaban J connectivity index is 2.01. The smallest absolute Gasteiger partial charge is 0.493 e. The first-order valence-corrected chi connectivity index (χ1v) is 11.7. The summed E-state index contributed by atoms with van der Waals surface area (Å²) in [5.74, 6) is -0.683. The number of alkyl halides is 3. The first-order chi connectivity index (χ1) is 17.2. The van der Waals surface area contributed by atoms with Crippen LogP contribution < -0.4 is 24.4 Å². The highest BCUT2D eigenvalue weighted by Gasteiger charge is 2.43. The van der Waals surface area contributed by atoms with Crippen LogP contribution in [-0.4, -0.2) is 51.3 Å². The molecule has 1 saturated heterocycles. The van der Waals surface area contributed by atoms with Crippen molar-refractivity contribution in [2.45, 2.75) is 38.3 Å². The number of methoxy groups -OCH3 is 3. The minimum absolute atomic E-state index is 0.237. The second kappa shape index (κ2) is 10.3. The number of rotatable bonds is 7. The van der Waals surface area contributed by atoms with Gasteiger partial charge in [0.1, 0.15) is 5.75 Å². The van der Waals surface area contributed by atoms with Crippen LogP contribution in [0.3, 0.4) is 0 Å². The molecule has 3 aromatic rings. The molecule has 0 saturated carbocycles. The van der Waals surface area contributed by atoms with E-state index in [9.17, 15) is 18.0 Å². The molecule has 0 unspecified atom stereocenters. The van der Waals surface area contributed by atoms with Gasteiger partial charge >= 0.3 is 12.1 Å². The fourth-order valence-electron chi connectivity index (χ4n) is 4.86. The molecule has 0 amide bonds. The first kappa shape index (κ1) is 25.7. The number of fused-ring (bicyclic) bond motifs is 1. The molecule has 1 aliphatic rings. The Morgan fingerprint density at radius 1 is 1.00 bits per heavy atom. The van der Waals surface area contributed by atoms with Crippen LogP contribution in [-0.2, 0) is 11.2 Å². The summed E-state index contributed by atoms with van der Waals surface area (Å²) < 4.78 is 57.1. The average molecular weight is 507 g/mol. The lowest BCUT2D eigenvalue weighted by molar-refractivity contribution is -0.199. The van der Waals surface area contributed by atoms with E-state index in [-0.39, 0.29) is 5.92 Å². The molecule has 7 nitrogen and oxygen atoms in total. The van der Waals surface area contributed by atoms with Gasteiger partial charge in [-0.25, -0.2) is 4.79 Å². The van der Waals surface area contributed by atoms with E-state index in [1.54, 1.807) is 24.3 Å². The van der Waals surface area contributed by atoms with E-state index in [1.165, 1.54) is 21.3 Å². The molecular weight excluding hydrogens is 477 g/mol. The topological polar surface area (TPSA) is 71.0 Å². The summed E-state index contributed by atoms with van der Waals surface area (Å²) in [6, 6.07) is 8.61. The number of carbonyl (C=O) groups is 1. The standard InChI is InChI=1S/C26H29F3N2O5/c1-5-17-19-13-18(15-8-10-30-11-9-15)22(34-3)14-20(19)31(36-25(32)26(27,28)29)24(17)16-6-7-21(33-2)23(12-16)35-4/h6-7,12-15,30H,5,8-11H2,1-4H3. The highest BCUT2D eigenvalue weighted by atomic mass is 19.4. The zero-order chi connectivity index (χ0) is 26.0. The molecule has 0 bridgehead atoms. The summed E-state index contributed by atoms with van der Waals surface area (Å²) >= 11 is 0. The molecule has 2 aromatic carbocycles. The van der Waals surface area contributed by atoms with Gasteiger partial charge in [0.2, 0.25) is 0 Å². The number of hydrogen-bond donors (Lipinski definition) is 1. The van der Waals surface area contributed by atoms with Crippen LogP contribution >= 0.6 is 0 Å². The number of aryl methyl sites for hydroxylation is 1. The van der Waals surface area contributed by atoms with Gasteiger partial charge in [0, 0.05) is 17.0 Å². The third-order valence-corrected chi connectivity index (χ3v) is 6.58. The zero-order valence-corrected chi connectivity index (χ0v) is 20.6. The van der Waals surface area contributed by atoms with Crippen molar-refractivity contribution in [3.8, 4) is 28.5 Å². The van der Waals surface area contributed by atoms with Gasteiger partial charge in [0.15, 0.2) is 11.5 Å². The van der Waals surface area contributed by atoms with E-state index in [1.807, 2.05) is 13.0 Å². The van der Waals surface area contributed by atoms with Crippen molar-refractivity contribution in [3.63, 3.8) is 0 Å². The van der Waals surface area contributed by atoms with Crippen LogP contribution in [0.4, 0.5) is 13.2 Å². The number of benzene rings is 2. The molecule has 1 fully saturated rings. The molecule has 1 aliphatic heterocycles. The summed E-state index contributed by atoms with van der Waals surface area (Å²) in [6.07, 6.45) is -2.86. The van der Waals surface area contributed by atoms with Crippen LogP contribution in [0, 0.1) is 0 Å².